The van der Waals surface area contributed by atoms with Crippen molar-refractivity contribution in [2.24, 2.45) is 5.73 Å². The fraction of sp³-hybridized carbons (Fsp3) is 0.286. The molecule has 0 atom stereocenters. The van der Waals surface area contributed by atoms with E-state index >= 15 is 0 Å². The Morgan fingerprint density at radius 3 is 3.00 bits per heavy atom. The lowest BCUT2D eigenvalue weighted by Gasteiger charge is -2.06. The summed E-state index contributed by atoms with van der Waals surface area (Å²) >= 11 is 6.44. The molecule has 0 aliphatic carbocycles. The molecule has 0 fully saturated rings. The molecule has 0 aliphatic heterocycles. The monoisotopic (exact) mass is 292 g/mol. The zero-order valence-corrected chi connectivity index (χ0v) is 12.4. The van der Waals surface area contributed by atoms with Gasteiger partial charge in [-0.1, -0.05) is 31.3 Å². The maximum absolute atomic E-state index is 5.72. The molecule has 0 radical (unpaired) electrons. The van der Waals surface area contributed by atoms with Gasteiger partial charge in [-0.25, -0.2) is 4.98 Å². The minimum absolute atomic E-state index is 0.346. The predicted molar refractivity (Wildman–Crippen MR) is 83.0 cm³/mol. The van der Waals surface area contributed by atoms with Crippen LogP contribution in [0, 0.1) is 0 Å². The molecule has 1 aromatic heterocycles. The van der Waals surface area contributed by atoms with Gasteiger partial charge in [-0.15, -0.1) is 11.3 Å². The Bertz CT molecular complexity index is 566. The van der Waals surface area contributed by atoms with E-state index in [9.17, 15) is 0 Å². The molecule has 100 valence electrons. The molecule has 5 heteroatoms. The van der Waals surface area contributed by atoms with Crippen LogP contribution in [0.4, 0.5) is 0 Å². The number of nitrogens with two attached hydrogens (primary N) is 1. The molecule has 0 saturated heterocycles. The lowest BCUT2D eigenvalue weighted by molar-refractivity contribution is 0.321. The third-order valence-electron chi connectivity index (χ3n) is 2.70. The highest BCUT2D eigenvalue weighted by molar-refractivity contribution is 7.80. The maximum atomic E-state index is 5.72. The van der Waals surface area contributed by atoms with Crippen LogP contribution in [0.15, 0.2) is 29.6 Å². The molecule has 0 unspecified atom stereocenters. The minimum Gasteiger partial charge on any atom is -0.493 e. The van der Waals surface area contributed by atoms with Gasteiger partial charge in [0.1, 0.15) is 16.4 Å². The molecule has 2 aromatic rings. The summed E-state index contributed by atoms with van der Waals surface area (Å²) in [5.41, 5.74) is 7.50. The van der Waals surface area contributed by atoms with Crippen LogP contribution in [0.3, 0.4) is 0 Å². The number of benzene rings is 1. The number of aryl methyl sites for hydroxylation is 1. The lowest BCUT2D eigenvalue weighted by atomic mass is 10.2. The van der Waals surface area contributed by atoms with E-state index in [-0.39, 0.29) is 0 Å². The maximum Gasteiger partial charge on any atom is 0.123 e. The molecule has 0 amide bonds. The van der Waals surface area contributed by atoms with Gasteiger partial charge in [-0.2, -0.15) is 0 Å². The van der Waals surface area contributed by atoms with E-state index in [0.717, 1.165) is 23.6 Å². The van der Waals surface area contributed by atoms with Crippen molar-refractivity contribution in [3.05, 3.63) is 45.9 Å². The van der Waals surface area contributed by atoms with Crippen molar-refractivity contribution in [2.75, 3.05) is 6.61 Å². The number of ether oxygens (including phenoxy) is 1. The smallest absolute Gasteiger partial charge is 0.123 e. The topological polar surface area (TPSA) is 48.1 Å². The van der Waals surface area contributed by atoms with Gasteiger partial charge in [0.05, 0.1) is 11.6 Å². The molecular formula is C14H16N2OS2. The van der Waals surface area contributed by atoms with Crippen LogP contribution >= 0.6 is 23.6 Å². The van der Waals surface area contributed by atoms with Crippen LogP contribution in [-0.2, 0) is 12.8 Å². The Morgan fingerprint density at radius 2 is 2.32 bits per heavy atom. The third-order valence-corrected chi connectivity index (χ3v) is 3.81. The van der Waals surface area contributed by atoms with Crippen LogP contribution in [0.2, 0.25) is 0 Å². The summed E-state index contributed by atoms with van der Waals surface area (Å²) in [6, 6.07) is 8.16. The summed E-state index contributed by atoms with van der Waals surface area (Å²) in [6.07, 6.45) is 1.78. The first-order chi connectivity index (χ1) is 9.19. The van der Waals surface area contributed by atoms with Gasteiger partial charge in [0, 0.05) is 11.8 Å². The number of thiocarbonyl (C=S) groups is 1. The zero-order valence-electron chi connectivity index (χ0n) is 10.8. The molecule has 2 N–H and O–H groups in total. The zero-order chi connectivity index (χ0) is 13.7. The van der Waals surface area contributed by atoms with Crippen LogP contribution in [-0.4, -0.2) is 16.6 Å². The fourth-order valence-corrected chi connectivity index (χ4v) is 2.61. The summed E-state index contributed by atoms with van der Waals surface area (Å²) in [6.45, 7) is 2.74. The molecule has 0 spiro atoms. The highest BCUT2D eigenvalue weighted by atomic mass is 32.1. The molecule has 1 aromatic carbocycles. The average Bonchev–Trinajstić information content (AvgIpc) is 2.88. The predicted octanol–water partition coefficient (Wildman–Crippen LogP) is 2.96. The van der Waals surface area contributed by atoms with E-state index in [0.29, 0.717) is 17.3 Å². The van der Waals surface area contributed by atoms with Crippen molar-refractivity contribution in [1.82, 2.24) is 4.98 Å². The number of nitrogens with zero attached hydrogens (tertiary/aromatic N) is 1. The van der Waals surface area contributed by atoms with Gasteiger partial charge in [0.25, 0.3) is 0 Å². The molecule has 1 heterocycles. The first kappa shape index (κ1) is 14.0. The Hall–Kier alpha value is -1.46. The van der Waals surface area contributed by atoms with Crippen molar-refractivity contribution in [3.63, 3.8) is 0 Å². The molecule has 2 rings (SSSR count). The highest BCUT2D eigenvalue weighted by Crippen LogP contribution is 2.15. The van der Waals surface area contributed by atoms with Gasteiger partial charge in [-0.3, -0.25) is 0 Å². The average molecular weight is 292 g/mol. The number of aromatic nitrogens is 1. The Labute approximate surface area is 122 Å². The largest absolute Gasteiger partial charge is 0.493 e. The molecule has 19 heavy (non-hydrogen) atoms. The van der Waals surface area contributed by atoms with Crippen molar-refractivity contribution in [3.8, 4) is 5.75 Å². The summed E-state index contributed by atoms with van der Waals surface area (Å²) in [4.78, 5) is 4.69. The Morgan fingerprint density at radius 1 is 1.47 bits per heavy atom. The SMILES string of the molecule is CCc1cccc(OCCc2nc(C(N)=S)cs2)c1. The van der Waals surface area contributed by atoms with Crippen molar-refractivity contribution in [2.45, 2.75) is 19.8 Å². The van der Waals surface area contributed by atoms with Crippen LogP contribution < -0.4 is 10.5 Å². The first-order valence-corrected chi connectivity index (χ1v) is 7.43. The van der Waals surface area contributed by atoms with E-state index in [2.05, 4.69) is 24.0 Å². The second-order valence-electron chi connectivity index (χ2n) is 4.09. The van der Waals surface area contributed by atoms with E-state index in [1.54, 1.807) is 11.3 Å². The van der Waals surface area contributed by atoms with Crippen LogP contribution in [0.25, 0.3) is 0 Å². The first-order valence-electron chi connectivity index (χ1n) is 6.15. The summed E-state index contributed by atoms with van der Waals surface area (Å²) < 4.78 is 5.72. The van der Waals surface area contributed by atoms with E-state index < -0.39 is 0 Å². The van der Waals surface area contributed by atoms with E-state index in [1.165, 1.54) is 5.56 Å². The number of hydrogen-bond donors (Lipinski definition) is 1. The number of hydrogen-bond acceptors (Lipinski definition) is 4. The molecule has 0 saturated carbocycles. The summed E-state index contributed by atoms with van der Waals surface area (Å²) in [5, 5.41) is 2.88. The quantitative estimate of drug-likeness (QED) is 0.832. The van der Waals surface area contributed by atoms with Crippen molar-refractivity contribution >= 4 is 28.5 Å². The van der Waals surface area contributed by atoms with Crippen molar-refractivity contribution < 1.29 is 4.74 Å². The van der Waals surface area contributed by atoms with Crippen molar-refractivity contribution in [1.29, 1.82) is 0 Å². The number of thiazole rings is 1. The van der Waals surface area contributed by atoms with Gasteiger partial charge in [0.15, 0.2) is 0 Å². The van der Waals surface area contributed by atoms with E-state index in [1.807, 2.05) is 17.5 Å². The molecule has 0 bridgehead atoms. The lowest BCUT2D eigenvalue weighted by Crippen LogP contribution is -2.10. The second kappa shape index (κ2) is 6.63. The number of rotatable bonds is 6. The van der Waals surface area contributed by atoms with E-state index in [4.69, 9.17) is 22.7 Å². The van der Waals surface area contributed by atoms with Gasteiger partial charge in [0.2, 0.25) is 0 Å². The van der Waals surface area contributed by atoms with Gasteiger partial charge < -0.3 is 10.5 Å². The van der Waals surface area contributed by atoms with Crippen LogP contribution in [0.5, 0.6) is 5.75 Å². The minimum atomic E-state index is 0.346. The molecule has 3 nitrogen and oxygen atoms in total. The Kier molecular flexibility index (Phi) is 4.87. The van der Waals surface area contributed by atoms with Gasteiger partial charge in [-0.05, 0) is 24.1 Å². The molecule has 0 aliphatic rings. The molecular weight excluding hydrogens is 276 g/mol. The highest BCUT2D eigenvalue weighted by Gasteiger charge is 2.04. The second-order valence-corrected chi connectivity index (χ2v) is 5.47. The summed E-state index contributed by atoms with van der Waals surface area (Å²) in [7, 11) is 0. The normalized spacial score (nSPS) is 10.4. The summed E-state index contributed by atoms with van der Waals surface area (Å²) in [5.74, 6) is 0.908. The van der Waals surface area contributed by atoms with Gasteiger partial charge >= 0.3 is 0 Å². The standard InChI is InChI=1S/C14H16N2OS2/c1-2-10-4-3-5-11(8-10)17-7-6-13-16-12(9-19-13)14(15)18/h3-5,8-9H,2,6-7H2,1H3,(H2,15,18). The fourth-order valence-electron chi connectivity index (χ4n) is 1.65. The Balaban J connectivity index is 1.86. The third kappa shape index (κ3) is 4.01. The van der Waals surface area contributed by atoms with Crippen LogP contribution in [0.1, 0.15) is 23.2 Å².